The van der Waals surface area contributed by atoms with E-state index in [1.807, 2.05) is 0 Å². The summed E-state index contributed by atoms with van der Waals surface area (Å²) in [5.41, 5.74) is 0.957. The van der Waals surface area contributed by atoms with Crippen molar-refractivity contribution in [3.05, 3.63) is 29.8 Å². The lowest BCUT2D eigenvalue weighted by atomic mass is 10.1. The lowest BCUT2D eigenvalue weighted by Crippen LogP contribution is -2.35. The molecule has 0 spiro atoms. The van der Waals surface area contributed by atoms with Gasteiger partial charge < -0.3 is 10.1 Å². The molecular weight excluding hydrogens is 364 g/mol. The number of amides is 1. The predicted molar refractivity (Wildman–Crippen MR) is 106 cm³/mol. The highest BCUT2D eigenvalue weighted by Crippen LogP contribution is 2.21. The topological polar surface area (TPSA) is 75.7 Å². The van der Waals surface area contributed by atoms with Gasteiger partial charge in [0.1, 0.15) is 0 Å². The van der Waals surface area contributed by atoms with Crippen molar-refractivity contribution in [1.29, 1.82) is 0 Å². The molecule has 152 valence electrons. The first-order valence-corrected chi connectivity index (χ1v) is 11.3. The van der Waals surface area contributed by atoms with Crippen LogP contribution in [0.2, 0.25) is 0 Å². The zero-order chi connectivity index (χ0) is 19.7. The zero-order valence-corrected chi connectivity index (χ0v) is 17.3. The van der Waals surface area contributed by atoms with Crippen molar-refractivity contribution in [2.45, 2.75) is 50.8 Å². The normalized spacial score (nSPS) is 15.8. The summed E-state index contributed by atoms with van der Waals surface area (Å²) in [6, 6.07) is 6.90. The van der Waals surface area contributed by atoms with Crippen LogP contribution in [0.3, 0.4) is 0 Å². The number of piperidine rings is 1. The molecule has 0 aliphatic carbocycles. The SMILES string of the molecule is CC(C)COCCNC(=O)CCc1ccc(S(=O)(=O)N2CCCCC2)cc1. The van der Waals surface area contributed by atoms with E-state index in [0.717, 1.165) is 24.8 Å². The van der Waals surface area contributed by atoms with Crippen molar-refractivity contribution >= 4 is 15.9 Å². The first-order valence-electron chi connectivity index (χ1n) is 9.83. The predicted octanol–water partition coefficient (Wildman–Crippen LogP) is 2.58. The maximum atomic E-state index is 12.6. The van der Waals surface area contributed by atoms with Crippen molar-refractivity contribution < 1.29 is 17.9 Å². The third-order valence-electron chi connectivity index (χ3n) is 4.54. The number of carbonyl (C=O) groups excluding carboxylic acids is 1. The fraction of sp³-hybridized carbons (Fsp3) is 0.650. The van der Waals surface area contributed by atoms with Crippen LogP contribution < -0.4 is 5.32 Å². The molecule has 27 heavy (non-hydrogen) atoms. The van der Waals surface area contributed by atoms with Crippen LogP contribution >= 0.6 is 0 Å². The molecule has 1 heterocycles. The first kappa shape index (κ1) is 21.9. The maximum Gasteiger partial charge on any atom is 0.243 e. The molecule has 0 aromatic heterocycles. The maximum absolute atomic E-state index is 12.6. The number of sulfonamides is 1. The van der Waals surface area contributed by atoms with E-state index in [9.17, 15) is 13.2 Å². The number of ether oxygens (including phenoxy) is 1. The molecule has 1 aliphatic rings. The third kappa shape index (κ3) is 7.24. The van der Waals surface area contributed by atoms with E-state index >= 15 is 0 Å². The van der Waals surface area contributed by atoms with E-state index < -0.39 is 10.0 Å². The second-order valence-corrected chi connectivity index (χ2v) is 9.37. The Labute approximate surface area is 163 Å². The first-order chi connectivity index (χ1) is 12.9. The molecule has 1 aliphatic heterocycles. The van der Waals surface area contributed by atoms with Gasteiger partial charge in [-0.25, -0.2) is 8.42 Å². The van der Waals surface area contributed by atoms with Gasteiger partial charge in [-0.2, -0.15) is 4.31 Å². The second kappa shape index (κ2) is 10.8. The monoisotopic (exact) mass is 396 g/mol. The smallest absolute Gasteiger partial charge is 0.243 e. The second-order valence-electron chi connectivity index (χ2n) is 7.43. The van der Waals surface area contributed by atoms with E-state index in [0.29, 0.717) is 56.5 Å². The summed E-state index contributed by atoms with van der Waals surface area (Å²) in [5, 5.41) is 2.84. The Balaban J connectivity index is 1.76. The molecule has 7 heteroatoms. The summed E-state index contributed by atoms with van der Waals surface area (Å²) in [5.74, 6) is 0.468. The fourth-order valence-electron chi connectivity index (χ4n) is 3.01. The highest BCUT2D eigenvalue weighted by atomic mass is 32.2. The van der Waals surface area contributed by atoms with Crippen molar-refractivity contribution in [3.63, 3.8) is 0 Å². The Morgan fingerprint density at radius 3 is 2.44 bits per heavy atom. The molecule has 0 unspecified atom stereocenters. The molecule has 2 rings (SSSR count). The Morgan fingerprint density at radius 2 is 1.81 bits per heavy atom. The minimum atomic E-state index is -3.39. The van der Waals surface area contributed by atoms with E-state index in [2.05, 4.69) is 19.2 Å². The molecule has 1 N–H and O–H groups in total. The van der Waals surface area contributed by atoms with Gasteiger partial charge in [0.25, 0.3) is 0 Å². The number of nitrogens with zero attached hydrogens (tertiary/aromatic N) is 1. The van der Waals surface area contributed by atoms with Crippen LogP contribution in [0.4, 0.5) is 0 Å². The Kier molecular flexibility index (Phi) is 8.73. The average molecular weight is 397 g/mol. The molecule has 0 saturated carbocycles. The Morgan fingerprint density at radius 1 is 1.15 bits per heavy atom. The highest BCUT2D eigenvalue weighted by Gasteiger charge is 2.25. The zero-order valence-electron chi connectivity index (χ0n) is 16.4. The summed E-state index contributed by atoms with van der Waals surface area (Å²) in [6.07, 6.45) is 3.91. The molecule has 1 aromatic rings. The number of nitrogens with one attached hydrogen (secondary N) is 1. The molecule has 1 aromatic carbocycles. The summed E-state index contributed by atoms with van der Waals surface area (Å²) >= 11 is 0. The van der Waals surface area contributed by atoms with E-state index in [1.165, 1.54) is 0 Å². The molecule has 0 radical (unpaired) electrons. The van der Waals surface area contributed by atoms with Gasteiger partial charge in [0.15, 0.2) is 0 Å². The van der Waals surface area contributed by atoms with Gasteiger partial charge in [0.05, 0.1) is 11.5 Å². The van der Waals surface area contributed by atoms with Gasteiger partial charge in [0, 0.05) is 32.7 Å². The van der Waals surface area contributed by atoms with Crippen LogP contribution in [-0.2, 0) is 26.0 Å². The van der Waals surface area contributed by atoms with E-state index in [1.54, 1.807) is 28.6 Å². The van der Waals surface area contributed by atoms with E-state index in [-0.39, 0.29) is 5.91 Å². The molecule has 6 nitrogen and oxygen atoms in total. The minimum absolute atomic E-state index is 0.0202. The van der Waals surface area contributed by atoms with Gasteiger partial charge in [-0.15, -0.1) is 0 Å². The van der Waals surface area contributed by atoms with Crippen molar-refractivity contribution in [2.75, 3.05) is 32.8 Å². The number of rotatable bonds is 10. The van der Waals surface area contributed by atoms with Gasteiger partial charge in [-0.05, 0) is 42.9 Å². The average Bonchev–Trinajstić information content (AvgIpc) is 2.67. The molecule has 0 atom stereocenters. The largest absolute Gasteiger partial charge is 0.379 e. The van der Waals surface area contributed by atoms with Gasteiger partial charge in [-0.3, -0.25) is 4.79 Å². The molecular formula is C20H32N2O4S. The summed E-state index contributed by atoms with van der Waals surface area (Å²) in [7, 11) is -3.39. The summed E-state index contributed by atoms with van der Waals surface area (Å²) in [6.45, 7) is 7.10. The summed E-state index contributed by atoms with van der Waals surface area (Å²) < 4.78 is 32.3. The van der Waals surface area contributed by atoms with Crippen LogP contribution in [0.1, 0.15) is 45.1 Å². The Hall–Kier alpha value is -1.44. The minimum Gasteiger partial charge on any atom is -0.379 e. The number of hydrogen-bond donors (Lipinski definition) is 1. The number of aryl methyl sites for hydroxylation is 1. The van der Waals surface area contributed by atoms with Crippen molar-refractivity contribution in [1.82, 2.24) is 9.62 Å². The molecule has 1 fully saturated rings. The third-order valence-corrected chi connectivity index (χ3v) is 6.45. The van der Waals surface area contributed by atoms with Crippen LogP contribution in [0.15, 0.2) is 29.2 Å². The molecule has 0 bridgehead atoms. The van der Waals surface area contributed by atoms with E-state index in [4.69, 9.17) is 4.74 Å². The van der Waals surface area contributed by atoms with Gasteiger partial charge >= 0.3 is 0 Å². The van der Waals surface area contributed by atoms with Gasteiger partial charge in [-0.1, -0.05) is 32.4 Å². The number of carbonyl (C=O) groups is 1. The molecule has 1 amide bonds. The lowest BCUT2D eigenvalue weighted by molar-refractivity contribution is -0.121. The molecule has 1 saturated heterocycles. The van der Waals surface area contributed by atoms with Crippen LogP contribution in [0.25, 0.3) is 0 Å². The number of hydrogen-bond acceptors (Lipinski definition) is 4. The summed E-state index contributed by atoms with van der Waals surface area (Å²) in [4.78, 5) is 12.2. The van der Waals surface area contributed by atoms with Crippen LogP contribution in [-0.4, -0.2) is 51.5 Å². The quantitative estimate of drug-likeness (QED) is 0.617. The van der Waals surface area contributed by atoms with Crippen LogP contribution in [0, 0.1) is 5.92 Å². The fourth-order valence-corrected chi connectivity index (χ4v) is 4.53. The lowest BCUT2D eigenvalue weighted by Gasteiger charge is -2.25. The standard InChI is InChI=1S/C20H32N2O4S/c1-17(2)16-26-15-12-21-20(23)11-8-18-6-9-19(10-7-18)27(24,25)22-13-4-3-5-14-22/h6-7,9-10,17H,3-5,8,11-16H2,1-2H3,(H,21,23). The van der Waals surface area contributed by atoms with Crippen LogP contribution in [0.5, 0.6) is 0 Å². The Bertz CT molecular complexity index is 680. The number of benzene rings is 1. The van der Waals surface area contributed by atoms with Crippen molar-refractivity contribution in [2.24, 2.45) is 5.92 Å². The highest BCUT2D eigenvalue weighted by molar-refractivity contribution is 7.89. The van der Waals surface area contributed by atoms with Gasteiger partial charge in [0.2, 0.25) is 15.9 Å². The van der Waals surface area contributed by atoms with Crippen molar-refractivity contribution in [3.8, 4) is 0 Å².